The third-order valence-electron chi connectivity index (χ3n) is 6.56. The molecular weight excluding hydrogens is 436 g/mol. The van der Waals surface area contributed by atoms with Gasteiger partial charge in [-0.15, -0.1) is 0 Å². The van der Waals surface area contributed by atoms with Crippen molar-refractivity contribution in [1.29, 1.82) is 0 Å². The first-order valence-corrected chi connectivity index (χ1v) is 11.4. The number of methoxy groups -OCH3 is 1. The van der Waals surface area contributed by atoms with E-state index in [1.54, 1.807) is 18.2 Å². The van der Waals surface area contributed by atoms with Gasteiger partial charge in [0.05, 0.1) is 25.1 Å². The molecule has 0 saturated carbocycles. The number of para-hydroxylation sites is 2. The maximum absolute atomic E-state index is 13.3. The van der Waals surface area contributed by atoms with Crippen molar-refractivity contribution in [1.82, 2.24) is 9.47 Å². The number of benzene rings is 2. The van der Waals surface area contributed by atoms with E-state index in [2.05, 4.69) is 22.9 Å². The third-order valence-corrected chi connectivity index (χ3v) is 6.56. The molecule has 0 aliphatic carbocycles. The molecule has 0 radical (unpaired) electrons. The summed E-state index contributed by atoms with van der Waals surface area (Å²) in [5.41, 5.74) is 2.19. The van der Waals surface area contributed by atoms with E-state index in [0.717, 1.165) is 17.1 Å². The van der Waals surface area contributed by atoms with Crippen LogP contribution in [-0.4, -0.2) is 65.1 Å². The van der Waals surface area contributed by atoms with Crippen molar-refractivity contribution in [2.45, 2.75) is 24.5 Å². The maximum atomic E-state index is 13.3. The van der Waals surface area contributed by atoms with Crippen LogP contribution in [0.1, 0.15) is 30.3 Å². The summed E-state index contributed by atoms with van der Waals surface area (Å²) in [6.45, 7) is 0.666. The average Bonchev–Trinajstić information content (AvgIpc) is 3.39. The lowest BCUT2D eigenvalue weighted by molar-refractivity contribution is -0.00932. The summed E-state index contributed by atoms with van der Waals surface area (Å²) in [6, 6.07) is 17.1. The molecule has 8 heteroatoms. The lowest BCUT2D eigenvalue weighted by Gasteiger charge is -2.45. The molecule has 3 heterocycles. The van der Waals surface area contributed by atoms with Gasteiger partial charge in [-0.05, 0) is 42.5 Å². The van der Waals surface area contributed by atoms with Gasteiger partial charge in [0.1, 0.15) is 18.5 Å². The zero-order valence-corrected chi connectivity index (χ0v) is 19.0. The number of amides is 1. The van der Waals surface area contributed by atoms with Gasteiger partial charge < -0.3 is 33.9 Å². The molecule has 8 nitrogen and oxygen atoms in total. The molecule has 2 aromatic carbocycles. The first-order chi connectivity index (χ1) is 16.5. The van der Waals surface area contributed by atoms with Crippen LogP contribution in [0.25, 0.3) is 5.69 Å². The van der Waals surface area contributed by atoms with Crippen LogP contribution in [0.5, 0.6) is 17.2 Å². The lowest BCUT2D eigenvalue weighted by Crippen LogP contribution is -2.50. The summed E-state index contributed by atoms with van der Waals surface area (Å²) >= 11 is 0. The minimum Gasteiger partial charge on any atom is -0.493 e. The molecule has 1 amide bonds. The summed E-state index contributed by atoms with van der Waals surface area (Å²) < 4.78 is 19.6. The molecule has 0 bridgehead atoms. The molecule has 2 N–H and O–H groups in total. The van der Waals surface area contributed by atoms with Crippen LogP contribution in [0.3, 0.4) is 0 Å². The van der Waals surface area contributed by atoms with E-state index in [9.17, 15) is 9.90 Å². The molecule has 1 saturated heterocycles. The number of aliphatic hydroxyl groups is 2. The molecule has 1 fully saturated rings. The van der Waals surface area contributed by atoms with Gasteiger partial charge in [-0.3, -0.25) is 4.79 Å². The summed E-state index contributed by atoms with van der Waals surface area (Å²) in [7, 11) is 1.50. The highest BCUT2D eigenvalue weighted by Gasteiger charge is 2.44. The van der Waals surface area contributed by atoms with E-state index in [-0.39, 0.29) is 13.9 Å². The monoisotopic (exact) mass is 466 g/mol. The zero-order valence-electron chi connectivity index (χ0n) is 19.0. The first kappa shape index (κ1) is 22.3. The van der Waals surface area contributed by atoms with Crippen LogP contribution < -0.4 is 14.2 Å². The second-order valence-corrected chi connectivity index (χ2v) is 8.63. The number of fused-ring (bicyclic) bond motifs is 4. The number of hydrogen-bond donors (Lipinski definition) is 2. The maximum Gasteiger partial charge on any atom is 0.253 e. The smallest absolute Gasteiger partial charge is 0.253 e. The lowest BCUT2D eigenvalue weighted by atomic mass is 9.86. The Morgan fingerprint density at radius 2 is 1.94 bits per heavy atom. The largest absolute Gasteiger partial charge is 0.493 e. The number of nitrogens with zero attached hydrogens (tertiary/aromatic N) is 2. The van der Waals surface area contributed by atoms with E-state index >= 15 is 0 Å². The molecule has 1 atom stereocenters. The number of carbonyl (C=O) groups excluding carboxylic acids is 1. The molecular formula is C26H30N2O6. The fourth-order valence-electron chi connectivity index (χ4n) is 4.74. The predicted octanol–water partition coefficient (Wildman–Crippen LogP) is 2.99. The highest BCUT2D eigenvalue weighted by Crippen LogP contribution is 2.45. The Kier molecular flexibility index (Phi) is 5.93. The number of carbonyl (C=O) groups is 1. The molecule has 5 rings (SSSR count). The summed E-state index contributed by atoms with van der Waals surface area (Å²) in [4.78, 5) is 15.1. The van der Waals surface area contributed by atoms with Crippen molar-refractivity contribution in [3.63, 3.8) is 0 Å². The first-order valence-electron chi connectivity index (χ1n) is 11.4. The van der Waals surface area contributed by atoms with Gasteiger partial charge in [0, 0.05) is 39.1 Å². The van der Waals surface area contributed by atoms with Crippen LogP contribution in [0.15, 0.2) is 60.8 Å². The highest BCUT2D eigenvalue weighted by atomic mass is 16.5. The number of rotatable bonds is 6. The van der Waals surface area contributed by atoms with Crippen LogP contribution in [0.2, 0.25) is 0 Å². The quantitative estimate of drug-likeness (QED) is 0.580. The molecule has 1 aromatic heterocycles. The third kappa shape index (κ3) is 3.89. The Balaban J connectivity index is 0.00000289. The Bertz CT molecular complexity index is 1190. The van der Waals surface area contributed by atoms with Gasteiger partial charge in [-0.2, -0.15) is 0 Å². The topological polar surface area (TPSA) is 93.4 Å². The summed E-state index contributed by atoms with van der Waals surface area (Å²) in [5.74, 6) is 1.58. The highest BCUT2D eigenvalue weighted by molar-refractivity contribution is 5.95. The predicted molar refractivity (Wildman–Crippen MR) is 127 cm³/mol. The van der Waals surface area contributed by atoms with Crippen molar-refractivity contribution in [2.75, 3.05) is 33.4 Å². The van der Waals surface area contributed by atoms with E-state index in [1.165, 1.54) is 7.11 Å². The number of ether oxygens (including phenoxy) is 3. The Morgan fingerprint density at radius 3 is 2.71 bits per heavy atom. The number of aliphatic hydroxyl groups excluding tert-OH is 2. The Morgan fingerprint density at radius 1 is 1.15 bits per heavy atom. The minimum atomic E-state index is -0.984. The zero-order chi connectivity index (χ0) is 23.7. The average molecular weight is 467 g/mol. The molecule has 34 heavy (non-hydrogen) atoms. The number of likely N-dealkylation sites (tertiary alicyclic amines) is 1. The molecule has 3 aromatic rings. The van der Waals surface area contributed by atoms with Gasteiger partial charge in [-0.25, -0.2) is 0 Å². The van der Waals surface area contributed by atoms with E-state index in [4.69, 9.17) is 19.3 Å². The standard InChI is InChI=1S/C26H28N2O6.H2/c1-32-23-15-18(8-9-22(23)33-17-19(30)16-29)25(31)27-13-10-26(11-14-27)24-7-4-12-28(24)20-5-2-3-6-21(20)34-26;/h2-9,12,15,19,29-30H,10-11,13-14,16-17H2,1H3;1H/t19-;/m0./s1. The van der Waals surface area contributed by atoms with Crippen LogP contribution in [0.4, 0.5) is 0 Å². The van der Waals surface area contributed by atoms with E-state index in [1.807, 2.05) is 29.2 Å². The molecule has 1 spiro atoms. The van der Waals surface area contributed by atoms with Crippen LogP contribution >= 0.6 is 0 Å². The van der Waals surface area contributed by atoms with Crippen molar-refractivity contribution < 1.29 is 30.6 Å². The van der Waals surface area contributed by atoms with Crippen molar-refractivity contribution in [3.05, 3.63) is 72.1 Å². The van der Waals surface area contributed by atoms with Gasteiger partial charge in [0.2, 0.25) is 0 Å². The number of hydrogen-bond acceptors (Lipinski definition) is 6. The van der Waals surface area contributed by atoms with Crippen LogP contribution in [-0.2, 0) is 5.60 Å². The second-order valence-electron chi connectivity index (χ2n) is 8.63. The SMILES string of the molecule is COc1cc(C(=O)N2CCC3(CC2)Oc2ccccc2-n2cccc23)ccc1OC[C@@H](O)CO.[HH]. The van der Waals surface area contributed by atoms with Crippen molar-refractivity contribution >= 4 is 5.91 Å². The van der Waals surface area contributed by atoms with E-state index in [0.29, 0.717) is 43.0 Å². The molecule has 0 unspecified atom stereocenters. The fraction of sp³-hybridized carbons (Fsp3) is 0.346. The fourth-order valence-corrected chi connectivity index (χ4v) is 4.74. The van der Waals surface area contributed by atoms with E-state index < -0.39 is 18.3 Å². The van der Waals surface area contributed by atoms with Gasteiger partial charge >= 0.3 is 0 Å². The van der Waals surface area contributed by atoms with Gasteiger partial charge in [-0.1, -0.05) is 12.1 Å². The van der Waals surface area contributed by atoms with Gasteiger partial charge in [0.15, 0.2) is 17.1 Å². The van der Waals surface area contributed by atoms with Crippen molar-refractivity contribution in [2.24, 2.45) is 0 Å². The minimum absolute atomic E-state index is 0. The summed E-state index contributed by atoms with van der Waals surface area (Å²) in [6.07, 6.45) is 2.45. The normalized spacial score (nSPS) is 16.9. The Labute approximate surface area is 199 Å². The number of piperidine rings is 1. The molecule has 2 aliphatic rings. The summed E-state index contributed by atoms with van der Waals surface area (Å²) in [5, 5.41) is 18.5. The molecule has 2 aliphatic heterocycles. The van der Waals surface area contributed by atoms with Crippen LogP contribution in [0, 0.1) is 0 Å². The van der Waals surface area contributed by atoms with Crippen molar-refractivity contribution in [3.8, 4) is 22.9 Å². The number of aromatic nitrogens is 1. The molecule has 180 valence electrons. The second kappa shape index (κ2) is 9.04. The Hall–Kier alpha value is -3.49. The van der Waals surface area contributed by atoms with Gasteiger partial charge in [0.25, 0.3) is 5.91 Å².